The lowest BCUT2D eigenvalue weighted by Crippen LogP contribution is -2.31. The largest absolute Gasteiger partial charge is 0.310 e. The second-order valence-corrected chi connectivity index (χ2v) is 18.8. The van der Waals surface area contributed by atoms with Gasteiger partial charge in [-0.3, -0.25) is 0 Å². The molecule has 0 heterocycles. The van der Waals surface area contributed by atoms with Crippen molar-refractivity contribution >= 4 is 38.6 Å². The zero-order valence-electron chi connectivity index (χ0n) is 34.8. The van der Waals surface area contributed by atoms with Crippen LogP contribution in [0.25, 0.3) is 66.1 Å². The average Bonchev–Trinajstić information content (AvgIpc) is 4.06. The van der Waals surface area contributed by atoms with Gasteiger partial charge in [0.1, 0.15) is 0 Å². The molecule has 1 nitrogen and oxygen atoms in total. The first-order valence-corrected chi connectivity index (χ1v) is 22.4. The van der Waals surface area contributed by atoms with E-state index in [2.05, 4.69) is 207 Å². The summed E-state index contributed by atoms with van der Waals surface area (Å²) in [6.07, 6.45) is 5.41. The Morgan fingerprint density at radius 1 is 0.443 bits per heavy atom. The normalized spacial score (nSPS) is 19.9. The second-order valence-electron chi connectivity index (χ2n) is 18.8. The van der Waals surface area contributed by atoms with E-state index in [1.165, 1.54) is 114 Å². The van der Waals surface area contributed by atoms with Gasteiger partial charge in [0.05, 0.1) is 11.4 Å². The minimum Gasteiger partial charge on any atom is -0.310 e. The third-order valence-electron chi connectivity index (χ3n) is 15.5. The van der Waals surface area contributed by atoms with E-state index in [-0.39, 0.29) is 10.8 Å². The molecule has 0 amide bonds. The average molecular weight is 782 g/mol. The first kappa shape index (κ1) is 35.1. The fourth-order valence-electron chi connectivity index (χ4n) is 12.9. The minimum atomic E-state index is -0.181. The van der Waals surface area contributed by atoms with Crippen LogP contribution in [-0.4, -0.2) is 0 Å². The van der Waals surface area contributed by atoms with Crippen LogP contribution in [0, 0.1) is 11.8 Å². The van der Waals surface area contributed by atoms with Gasteiger partial charge < -0.3 is 4.90 Å². The Labute approximate surface area is 359 Å². The molecule has 2 saturated carbocycles. The lowest BCUT2D eigenvalue weighted by Gasteiger charge is -2.36. The molecular formula is C60H47N. The number of fused-ring (bicyclic) bond motifs is 13. The van der Waals surface area contributed by atoms with E-state index in [0.29, 0.717) is 0 Å². The first-order valence-electron chi connectivity index (χ1n) is 22.4. The lowest BCUT2D eigenvalue weighted by molar-refractivity contribution is 0.327. The van der Waals surface area contributed by atoms with E-state index < -0.39 is 0 Å². The van der Waals surface area contributed by atoms with Crippen molar-refractivity contribution in [2.75, 3.05) is 4.90 Å². The quantitative estimate of drug-likeness (QED) is 0.168. The van der Waals surface area contributed by atoms with Gasteiger partial charge in [0.2, 0.25) is 0 Å². The maximum Gasteiger partial charge on any atom is 0.0540 e. The molecule has 4 aliphatic carbocycles. The van der Waals surface area contributed by atoms with Gasteiger partial charge in [0.15, 0.2) is 0 Å². The zero-order chi connectivity index (χ0) is 40.5. The molecule has 292 valence electrons. The molecule has 3 unspecified atom stereocenters. The molecule has 3 atom stereocenters. The van der Waals surface area contributed by atoms with Gasteiger partial charge in [-0.1, -0.05) is 172 Å². The first-order chi connectivity index (χ1) is 30.0. The molecule has 61 heavy (non-hydrogen) atoms. The Balaban J connectivity index is 0.991. The molecule has 0 aliphatic heterocycles. The monoisotopic (exact) mass is 781 g/mol. The Morgan fingerprint density at radius 2 is 1.08 bits per heavy atom. The molecule has 0 saturated heterocycles. The van der Waals surface area contributed by atoms with Gasteiger partial charge in [-0.2, -0.15) is 0 Å². The van der Waals surface area contributed by atoms with Crippen LogP contribution in [0.15, 0.2) is 188 Å². The van der Waals surface area contributed by atoms with E-state index in [1.807, 2.05) is 0 Å². The summed E-state index contributed by atoms with van der Waals surface area (Å²) in [4.78, 5) is 2.55. The summed E-state index contributed by atoms with van der Waals surface area (Å²) in [6.45, 7) is 4.80. The highest BCUT2D eigenvalue weighted by atomic mass is 15.1. The molecule has 0 N–H and O–H groups in total. The lowest BCUT2D eigenvalue weighted by atomic mass is 9.66. The van der Waals surface area contributed by atoms with Crippen molar-refractivity contribution < 1.29 is 0 Å². The maximum atomic E-state index is 2.60. The summed E-state index contributed by atoms with van der Waals surface area (Å²) >= 11 is 0. The van der Waals surface area contributed by atoms with E-state index in [4.69, 9.17) is 0 Å². The highest BCUT2D eigenvalue weighted by Gasteiger charge is 2.56. The smallest absolute Gasteiger partial charge is 0.0540 e. The van der Waals surface area contributed by atoms with Crippen molar-refractivity contribution in [3.8, 4) is 44.5 Å². The van der Waals surface area contributed by atoms with Crippen LogP contribution in [0.2, 0.25) is 0 Å². The number of hydrogen-bond donors (Lipinski definition) is 0. The van der Waals surface area contributed by atoms with E-state index >= 15 is 0 Å². The van der Waals surface area contributed by atoms with Gasteiger partial charge in [0.25, 0.3) is 0 Å². The van der Waals surface area contributed by atoms with E-state index in [1.54, 1.807) is 11.1 Å². The molecule has 9 aromatic rings. The van der Waals surface area contributed by atoms with E-state index in [0.717, 1.165) is 17.5 Å². The van der Waals surface area contributed by atoms with Crippen molar-refractivity contribution in [2.45, 2.75) is 50.4 Å². The molecule has 9 aromatic carbocycles. The maximum absolute atomic E-state index is 2.60. The highest BCUT2D eigenvalue weighted by Crippen LogP contribution is 2.66. The standard InChI is InChI=1S/C60H47N/c1-59(2)53-20-7-5-15-49(53)52-19-11-23-57(58(52)59)61(45-31-27-40(28-32-45)42-26-25-39-12-3-4-13-41(39)35-42)56-22-10-17-47-46(16-9-18-51(47)56)43-29-33-50-48-14-6-8-21-54(48)60(55(50)36-43)37-38-24-30-44(60)34-38/h3-23,25-29,31-33,35-36,38,44H,24,30,34,37H2,1-2H3. The van der Waals surface area contributed by atoms with Crippen molar-refractivity contribution in [3.05, 3.63) is 210 Å². The molecule has 0 aromatic heterocycles. The number of rotatable bonds is 5. The van der Waals surface area contributed by atoms with Crippen LogP contribution < -0.4 is 4.90 Å². The number of hydrogen-bond acceptors (Lipinski definition) is 1. The van der Waals surface area contributed by atoms with Crippen LogP contribution in [0.4, 0.5) is 17.1 Å². The summed E-state index contributed by atoms with van der Waals surface area (Å²) in [5.74, 6) is 1.58. The number of anilines is 3. The van der Waals surface area contributed by atoms with Crippen molar-refractivity contribution in [1.82, 2.24) is 0 Å². The predicted molar refractivity (Wildman–Crippen MR) is 256 cm³/mol. The van der Waals surface area contributed by atoms with Crippen LogP contribution in [0.5, 0.6) is 0 Å². The molecule has 2 bridgehead atoms. The molecule has 1 spiro atoms. The topological polar surface area (TPSA) is 3.24 Å². The van der Waals surface area contributed by atoms with Gasteiger partial charge in [0, 0.05) is 21.9 Å². The number of benzene rings is 9. The summed E-state index contributed by atoms with van der Waals surface area (Å²) in [6, 6.07) is 71.4. The number of nitrogens with zero attached hydrogens (tertiary/aromatic N) is 1. The van der Waals surface area contributed by atoms with Crippen molar-refractivity contribution in [1.29, 1.82) is 0 Å². The Kier molecular flexibility index (Phi) is 7.42. The van der Waals surface area contributed by atoms with Crippen LogP contribution in [0.3, 0.4) is 0 Å². The second kappa shape index (κ2) is 12.9. The molecular weight excluding hydrogens is 735 g/mol. The third kappa shape index (κ3) is 4.95. The fraction of sp³-hybridized carbons (Fsp3) is 0.167. The van der Waals surface area contributed by atoms with Crippen molar-refractivity contribution in [3.63, 3.8) is 0 Å². The van der Waals surface area contributed by atoms with E-state index in [9.17, 15) is 0 Å². The zero-order valence-corrected chi connectivity index (χ0v) is 34.8. The SMILES string of the molecule is CC1(C)c2ccccc2-c2cccc(N(c3ccc(-c4ccc5ccccc5c4)cc3)c3cccc4c(-c5ccc6c(c5)C5(CC7CCC5C7)c5ccccc5-6)cccc34)c21. The summed E-state index contributed by atoms with van der Waals surface area (Å²) < 4.78 is 0. The molecule has 0 radical (unpaired) electrons. The van der Waals surface area contributed by atoms with Crippen LogP contribution in [-0.2, 0) is 10.8 Å². The summed E-state index contributed by atoms with van der Waals surface area (Å²) in [5.41, 5.74) is 20.1. The van der Waals surface area contributed by atoms with Gasteiger partial charge in [-0.15, -0.1) is 0 Å². The molecule has 2 fully saturated rings. The Bertz CT molecular complexity index is 3260. The van der Waals surface area contributed by atoms with Gasteiger partial charge in [-0.25, -0.2) is 0 Å². The summed E-state index contributed by atoms with van der Waals surface area (Å²) in [5, 5.41) is 5.06. The van der Waals surface area contributed by atoms with Crippen molar-refractivity contribution in [2.24, 2.45) is 11.8 Å². The minimum absolute atomic E-state index is 0.147. The molecule has 1 heteroatoms. The van der Waals surface area contributed by atoms with Crippen LogP contribution in [0.1, 0.15) is 61.8 Å². The van der Waals surface area contributed by atoms with Gasteiger partial charge >= 0.3 is 0 Å². The predicted octanol–water partition coefficient (Wildman–Crippen LogP) is 16.2. The summed E-state index contributed by atoms with van der Waals surface area (Å²) in [7, 11) is 0. The molecule has 4 aliphatic rings. The third-order valence-corrected chi connectivity index (χ3v) is 15.5. The highest BCUT2D eigenvalue weighted by molar-refractivity contribution is 6.07. The Hall–Kier alpha value is -6.70. The fourth-order valence-corrected chi connectivity index (χ4v) is 12.9. The Morgan fingerprint density at radius 3 is 1.90 bits per heavy atom. The van der Waals surface area contributed by atoms with Crippen LogP contribution >= 0.6 is 0 Å². The van der Waals surface area contributed by atoms with Gasteiger partial charge in [-0.05, 0) is 150 Å². The molecule has 13 rings (SSSR count).